The monoisotopic (exact) mass is 231 g/mol. The van der Waals surface area contributed by atoms with Gasteiger partial charge in [0.05, 0.1) is 12.2 Å². The van der Waals surface area contributed by atoms with E-state index in [-0.39, 0.29) is 5.60 Å². The number of halogens is 1. The number of hydrogen-bond donors (Lipinski definition) is 0. The van der Waals surface area contributed by atoms with Gasteiger partial charge in [-0.25, -0.2) is 4.39 Å². The molecule has 1 amide bonds. The van der Waals surface area contributed by atoms with Gasteiger partial charge >= 0.3 is 0 Å². The number of hydrogen-bond acceptors (Lipinski definition) is 2. The van der Waals surface area contributed by atoms with E-state index in [0.717, 1.165) is 12.8 Å². The highest BCUT2D eigenvalue weighted by molar-refractivity contribution is 5.84. The number of alkyl halides is 1. The summed E-state index contributed by atoms with van der Waals surface area (Å²) in [5, 5.41) is 0. The van der Waals surface area contributed by atoms with E-state index in [1.165, 1.54) is 13.8 Å². The molecule has 0 N–H and O–H groups in total. The van der Waals surface area contributed by atoms with Crippen molar-refractivity contribution in [2.45, 2.75) is 51.8 Å². The molecule has 0 aromatic rings. The minimum Gasteiger partial charge on any atom is -0.373 e. The van der Waals surface area contributed by atoms with Gasteiger partial charge in [-0.1, -0.05) is 6.92 Å². The first-order chi connectivity index (χ1) is 7.28. The Hall–Kier alpha value is -0.640. The molecule has 94 valence electrons. The van der Waals surface area contributed by atoms with Gasteiger partial charge in [-0.05, 0) is 33.6 Å². The highest BCUT2D eigenvalue weighted by Gasteiger charge is 2.35. The molecule has 16 heavy (non-hydrogen) atoms. The molecule has 0 radical (unpaired) electrons. The van der Waals surface area contributed by atoms with Gasteiger partial charge in [-0.3, -0.25) is 4.79 Å². The van der Waals surface area contributed by atoms with E-state index in [1.807, 2.05) is 6.92 Å². The molecule has 0 aliphatic carbocycles. The first-order valence-electron chi connectivity index (χ1n) is 5.91. The van der Waals surface area contributed by atoms with E-state index < -0.39 is 11.6 Å². The maximum Gasteiger partial charge on any atom is 0.259 e. The van der Waals surface area contributed by atoms with Gasteiger partial charge in [-0.15, -0.1) is 0 Å². The highest BCUT2D eigenvalue weighted by Crippen LogP contribution is 2.24. The molecule has 1 aliphatic rings. The lowest BCUT2D eigenvalue weighted by molar-refractivity contribution is -0.141. The van der Waals surface area contributed by atoms with Gasteiger partial charge in [0.25, 0.3) is 5.91 Å². The van der Waals surface area contributed by atoms with Crippen LogP contribution in [-0.4, -0.2) is 41.8 Å². The predicted molar refractivity (Wildman–Crippen MR) is 61.0 cm³/mol. The second-order valence-corrected chi connectivity index (χ2v) is 5.17. The molecule has 1 aliphatic heterocycles. The molecule has 1 fully saturated rings. The number of carbonyl (C=O) groups is 1. The Bertz CT molecular complexity index is 262. The molecule has 1 atom stereocenters. The molecular formula is C12H22FNO2. The number of rotatable bonds is 2. The normalized spacial score (nSPS) is 27.7. The molecule has 1 rings (SSSR count). The van der Waals surface area contributed by atoms with E-state index >= 15 is 0 Å². The molecule has 1 heterocycles. The van der Waals surface area contributed by atoms with Gasteiger partial charge in [0.2, 0.25) is 0 Å². The van der Waals surface area contributed by atoms with Crippen LogP contribution < -0.4 is 0 Å². The second kappa shape index (κ2) is 4.70. The summed E-state index contributed by atoms with van der Waals surface area (Å²) in [5.74, 6) is -0.434. The van der Waals surface area contributed by atoms with Crippen LogP contribution in [0.2, 0.25) is 0 Å². The van der Waals surface area contributed by atoms with Gasteiger partial charge in [0, 0.05) is 13.1 Å². The summed E-state index contributed by atoms with van der Waals surface area (Å²) in [7, 11) is 0. The Morgan fingerprint density at radius 1 is 1.50 bits per heavy atom. The number of ether oxygens (including phenoxy) is 1. The van der Waals surface area contributed by atoms with E-state index in [9.17, 15) is 9.18 Å². The predicted octanol–water partition coefficient (Wildman–Crippen LogP) is 2.15. The SMILES string of the molecule is CCC1(C)CCN(C(=O)C(C)(C)F)CCO1. The second-order valence-electron chi connectivity index (χ2n) is 5.17. The van der Waals surface area contributed by atoms with Crippen LogP contribution in [0.25, 0.3) is 0 Å². The summed E-state index contributed by atoms with van der Waals surface area (Å²) in [5.41, 5.74) is -1.96. The number of amides is 1. The topological polar surface area (TPSA) is 29.5 Å². The molecule has 0 aromatic carbocycles. The zero-order valence-electron chi connectivity index (χ0n) is 10.7. The van der Waals surface area contributed by atoms with Crippen LogP contribution in [-0.2, 0) is 9.53 Å². The van der Waals surface area contributed by atoms with Crippen molar-refractivity contribution in [1.82, 2.24) is 4.90 Å². The maximum atomic E-state index is 13.5. The van der Waals surface area contributed by atoms with Gasteiger partial charge < -0.3 is 9.64 Å². The van der Waals surface area contributed by atoms with Crippen molar-refractivity contribution in [3.05, 3.63) is 0 Å². The molecule has 4 heteroatoms. The third kappa shape index (κ3) is 3.17. The van der Waals surface area contributed by atoms with Crippen LogP contribution in [0.3, 0.4) is 0 Å². The van der Waals surface area contributed by atoms with Crippen molar-refractivity contribution in [2.24, 2.45) is 0 Å². The van der Waals surface area contributed by atoms with E-state index in [4.69, 9.17) is 4.74 Å². The zero-order valence-corrected chi connectivity index (χ0v) is 10.7. The Labute approximate surface area is 96.9 Å². The third-order valence-electron chi connectivity index (χ3n) is 3.27. The standard InChI is InChI=1S/C12H22FNO2/c1-5-12(4)6-7-14(8-9-16-12)10(15)11(2,3)13/h5-9H2,1-4H3. The molecule has 3 nitrogen and oxygen atoms in total. The average molecular weight is 231 g/mol. The van der Waals surface area contributed by atoms with E-state index in [2.05, 4.69) is 6.92 Å². The first kappa shape index (κ1) is 13.4. The Morgan fingerprint density at radius 2 is 2.12 bits per heavy atom. The molecule has 0 aromatic heterocycles. The van der Waals surface area contributed by atoms with Gasteiger partial charge in [0.1, 0.15) is 0 Å². The maximum absolute atomic E-state index is 13.5. The third-order valence-corrected chi connectivity index (χ3v) is 3.27. The lowest BCUT2D eigenvalue weighted by Gasteiger charge is -2.27. The van der Waals surface area contributed by atoms with Crippen LogP contribution >= 0.6 is 0 Å². The summed E-state index contributed by atoms with van der Waals surface area (Å²) in [4.78, 5) is 13.3. The fourth-order valence-electron chi connectivity index (χ4n) is 1.82. The first-order valence-corrected chi connectivity index (χ1v) is 5.91. The van der Waals surface area contributed by atoms with Crippen molar-refractivity contribution in [2.75, 3.05) is 19.7 Å². The lowest BCUT2D eigenvalue weighted by atomic mass is 9.98. The Kier molecular flexibility index (Phi) is 3.94. The highest BCUT2D eigenvalue weighted by atomic mass is 19.1. The minimum absolute atomic E-state index is 0.171. The van der Waals surface area contributed by atoms with Crippen molar-refractivity contribution in [3.8, 4) is 0 Å². The number of carbonyl (C=O) groups excluding carboxylic acids is 1. The summed E-state index contributed by atoms with van der Waals surface area (Å²) < 4.78 is 19.3. The summed E-state index contributed by atoms with van der Waals surface area (Å²) in [6.07, 6.45) is 1.68. The summed E-state index contributed by atoms with van der Waals surface area (Å²) >= 11 is 0. The van der Waals surface area contributed by atoms with Crippen LogP contribution in [0.15, 0.2) is 0 Å². The largest absolute Gasteiger partial charge is 0.373 e. The lowest BCUT2D eigenvalue weighted by Crippen LogP contribution is -2.43. The van der Waals surface area contributed by atoms with Crippen LogP contribution in [0, 0.1) is 0 Å². The molecule has 0 saturated carbocycles. The molecular weight excluding hydrogens is 209 g/mol. The minimum atomic E-state index is -1.78. The smallest absolute Gasteiger partial charge is 0.259 e. The van der Waals surface area contributed by atoms with Crippen molar-refractivity contribution in [3.63, 3.8) is 0 Å². The molecule has 0 bridgehead atoms. The molecule has 1 unspecified atom stereocenters. The summed E-state index contributed by atoms with van der Waals surface area (Å²) in [6.45, 7) is 8.28. The van der Waals surface area contributed by atoms with Gasteiger partial charge in [-0.2, -0.15) is 0 Å². The van der Waals surface area contributed by atoms with Crippen LogP contribution in [0.1, 0.15) is 40.5 Å². The van der Waals surface area contributed by atoms with Crippen molar-refractivity contribution >= 4 is 5.91 Å². The summed E-state index contributed by atoms with van der Waals surface area (Å²) in [6, 6.07) is 0. The van der Waals surface area contributed by atoms with E-state index in [0.29, 0.717) is 19.7 Å². The quantitative estimate of drug-likeness (QED) is 0.728. The Morgan fingerprint density at radius 3 is 2.62 bits per heavy atom. The van der Waals surface area contributed by atoms with Crippen molar-refractivity contribution < 1.29 is 13.9 Å². The zero-order chi connectivity index (χ0) is 12.4. The van der Waals surface area contributed by atoms with Gasteiger partial charge in [0.15, 0.2) is 5.67 Å². The van der Waals surface area contributed by atoms with Crippen LogP contribution in [0.4, 0.5) is 4.39 Å². The fourth-order valence-corrected chi connectivity index (χ4v) is 1.82. The van der Waals surface area contributed by atoms with Crippen molar-refractivity contribution in [1.29, 1.82) is 0 Å². The molecule has 0 spiro atoms. The fraction of sp³-hybridized carbons (Fsp3) is 0.917. The number of nitrogens with zero attached hydrogens (tertiary/aromatic N) is 1. The molecule has 1 saturated heterocycles. The average Bonchev–Trinajstić information content (AvgIpc) is 2.39. The van der Waals surface area contributed by atoms with E-state index in [1.54, 1.807) is 4.90 Å². The Balaban J connectivity index is 2.64. The van der Waals surface area contributed by atoms with Crippen LogP contribution in [0.5, 0.6) is 0 Å².